The first-order chi connectivity index (χ1) is 7.25. The van der Waals surface area contributed by atoms with Crippen molar-refractivity contribution in [3.05, 3.63) is 24.3 Å². The lowest BCUT2D eigenvalue weighted by atomic mass is 9.87. The van der Waals surface area contributed by atoms with Crippen LogP contribution in [0.15, 0.2) is 24.3 Å². The second kappa shape index (κ2) is 4.56. The molecule has 0 aliphatic heterocycles. The van der Waals surface area contributed by atoms with E-state index in [9.17, 15) is 0 Å². The highest BCUT2D eigenvalue weighted by molar-refractivity contribution is 5.65. The molecule has 0 unspecified atom stereocenters. The van der Waals surface area contributed by atoms with Crippen LogP contribution in [-0.2, 0) is 0 Å². The number of hydrogen-bond acceptors (Lipinski definition) is 2. The Morgan fingerprint density at radius 2 is 2.07 bits per heavy atom. The van der Waals surface area contributed by atoms with E-state index in [2.05, 4.69) is 18.3 Å². The van der Waals surface area contributed by atoms with Crippen molar-refractivity contribution in [2.45, 2.75) is 38.6 Å². The maximum Gasteiger partial charge on any atom is 0.0576 e. The molecule has 0 heterocycles. The van der Waals surface area contributed by atoms with Crippen molar-refractivity contribution in [3.63, 3.8) is 0 Å². The third-order valence-electron chi connectivity index (χ3n) is 3.26. The minimum Gasteiger partial charge on any atom is -0.397 e. The summed E-state index contributed by atoms with van der Waals surface area (Å²) in [5, 5.41) is 3.55. The fourth-order valence-corrected chi connectivity index (χ4v) is 2.41. The van der Waals surface area contributed by atoms with Crippen LogP contribution >= 0.6 is 0 Å². The van der Waals surface area contributed by atoms with Gasteiger partial charge < -0.3 is 11.1 Å². The molecule has 15 heavy (non-hydrogen) atoms. The average Bonchev–Trinajstić information content (AvgIpc) is 2.22. The summed E-state index contributed by atoms with van der Waals surface area (Å²) in [5.74, 6) is 0.848. The second-order valence-corrected chi connectivity index (χ2v) is 4.70. The smallest absolute Gasteiger partial charge is 0.0576 e. The molecule has 1 aliphatic rings. The maximum absolute atomic E-state index is 5.91. The number of nitrogens with two attached hydrogens (primary N) is 1. The van der Waals surface area contributed by atoms with Gasteiger partial charge in [0.15, 0.2) is 0 Å². The van der Waals surface area contributed by atoms with Crippen molar-refractivity contribution < 1.29 is 0 Å². The Hall–Kier alpha value is -1.18. The normalized spacial score (nSPS) is 26.2. The summed E-state index contributed by atoms with van der Waals surface area (Å²) < 4.78 is 0. The number of nitrogens with one attached hydrogen (secondary N) is 1. The molecule has 0 bridgehead atoms. The van der Waals surface area contributed by atoms with Crippen LogP contribution in [0.1, 0.15) is 32.6 Å². The molecule has 1 aliphatic carbocycles. The van der Waals surface area contributed by atoms with E-state index >= 15 is 0 Å². The first-order valence-electron chi connectivity index (χ1n) is 5.87. The van der Waals surface area contributed by atoms with Gasteiger partial charge >= 0.3 is 0 Å². The van der Waals surface area contributed by atoms with E-state index in [1.54, 1.807) is 0 Å². The predicted molar refractivity (Wildman–Crippen MR) is 65.9 cm³/mol. The molecule has 0 amide bonds. The summed E-state index contributed by atoms with van der Waals surface area (Å²) in [5.41, 5.74) is 7.86. The molecule has 2 rings (SSSR count). The third kappa shape index (κ3) is 2.65. The van der Waals surface area contributed by atoms with Gasteiger partial charge in [-0.25, -0.2) is 0 Å². The minimum absolute atomic E-state index is 0.610. The summed E-state index contributed by atoms with van der Waals surface area (Å²) in [6.45, 7) is 2.34. The second-order valence-electron chi connectivity index (χ2n) is 4.70. The number of para-hydroxylation sites is 2. The van der Waals surface area contributed by atoms with Gasteiger partial charge in [-0.1, -0.05) is 31.9 Å². The van der Waals surface area contributed by atoms with Crippen molar-refractivity contribution in [1.29, 1.82) is 0 Å². The molecule has 2 heteroatoms. The zero-order valence-electron chi connectivity index (χ0n) is 9.37. The number of rotatable bonds is 2. The van der Waals surface area contributed by atoms with Crippen LogP contribution in [0.2, 0.25) is 0 Å². The van der Waals surface area contributed by atoms with E-state index in [1.807, 2.05) is 18.2 Å². The van der Waals surface area contributed by atoms with E-state index in [0.717, 1.165) is 17.3 Å². The highest BCUT2D eigenvalue weighted by atomic mass is 14.9. The lowest BCUT2D eigenvalue weighted by Gasteiger charge is -2.28. The molecule has 1 aromatic carbocycles. The number of hydrogen-bond donors (Lipinski definition) is 2. The van der Waals surface area contributed by atoms with Crippen LogP contribution in [0.5, 0.6) is 0 Å². The fourth-order valence-electron chi connectivity index (χ4n) is 2.41. The van der Waals surface area contributed by atoms with Gasteiger partial charge in [-0.05, 0) is 30.9 Å². The van der Waals surface area contributed by atoms with Crippen LogP contribution in [-0.4, -0.2) is 6.04 Å². The molecule has 82 valence electrons. The first kappa shape index (κ1) is 10.3. The molecular formula is C13H20N2. The Bertz CT molecular complexity index is 322. The quantitative estimate of drug-likeness (QED) is 0.726. The Balaban J connectivity index is 1.99. The molecule has 0 saturated heterocycles. The predicted octanol–water partition coefficient (Wildman–Crippen LogP) is 3.26. The average molecular weight is 204 g/mol. The van der Waals surface area contributed by atoms with Gasteiger partial charge in [-0.2, -0.15) is 0 Å². The summed E-state index contributed by atoms with van der Waals surface area (Å²) in [7, 11) is 0. The molecule has 0 radical (unpaired) electrons. The van der Waals surface area contributed by atoms with Crippen molar-refractivity contribution >= 4 is 11.4 Å². The SMILES string of the molecule is C[C@@H]1CCC[C@H](Nc2ccccc2N)C1. The lowest BCUT2D eigenvalue weighted by Crippen LogP contribution is -2.26. The Kier molecular flexibility index (Phi) is 3.14. The van der Waals surface area contributed by atoms with Crippen LogP contribution in [0.3, 0.4) is 0 Å². The van der Waals surface area contributed by atoms with E-state index in [4.69, 9.17) is 5.73 Å². The summed E-state index contributed by atoms with van der Waals surface area (Å²) >= 11 is 0. The molecule has 1 aromatic rings. The van der Waals surface area contributed by atoms with Crippen molar-refractivity contribution in [1.82, 2.24) is 0 Å². The molecule has 1 saturated carbocycles. The van der Waals surface area contributed by atoms with E-state index in [-0.39, 0.29) is 0 Å². The van der Waals surface area contributed by atoms with Crippen molar-refractivity contribution in [2.24, 2.45) is 5.92 Å². The number of anilines is 2. The summed E-state index contributed by atoms with van der Waals surface area (Å²) in [6.07, 6.45) is 5.26. The lowest BCUT2D eigenvalue weighted by molar-refractivity contribution is 0.359. The largest absolute Gasteiger partial charge is 0.397 e. The number of nitrogen functional groups attached to an aromatic ring is 1. The van der Waals surface area contributed by atoms with Gasteiger partial charge in [0.2, 0.25) is 0 Å². The summed E-state index contributed by atoms with van der Waals surface area (Å²) in [4.78, 5) is 0. The first-order valence-corrected chi connectivity index (χ1v) is 5.87. The molecule has 2 atom stereocenters. The van der Waals surface area contributed by atoms with E-state index in [0.29, 0.717) is 6.04 Å². The van der Waals surface area contributed by atoms with Crippen LogP contribution in [0.4, 0.5) is 11.4 Å². The topological polar surface area (TPSA) is 38.0 Å². The number of benzene rings is 1. The van der Waals surface area contributed by atoms with Gasteiger partial charge in [0, 0.05) is 6.04 Å². The van der Waals surface area contributed by atoms with Crippen LogP contribution in [0, 0.1) is 5.92 Å². The highest BCUT2D eigenvalue weighted by Crippen LogP contribution is 2.27. The van der Waals surface area contributed by atoms with Gasteiger partial charge in [0.25, 0.3) is 0 Å². The maximum atomic E-state index is 5.91. The fraction of sp³-hybridized carbons (Fsp3) is 0.538. The molecular weight excluding hydrogens is 184 g/mol. The Labute approximate surface area is 91.9 Å². The molecule has 0 spiro atoms. The third-order valence-corrected chi connectivity index (χ3v) is 3.26. The monoisotopic (exact) mass is 204 g/mol. The van der Waals surface area contributed by atoms with Crippen LogP contribution < -0.4 is 11.1 Å². The minimum atomic E-state index is 0.610. The molecule has 3 N–H and O–H groups in total. The van der Waals surface area contributed by atoms with Crippen molar-refractivity contribution in [3.8, 4) is 0 Å². The van der Waals surface area contributed by atoms with E-state index < -0.39 is 0 Å². The van der Waals surface area contributed by atoms with Gasteiger partial charge in [-0.3, -0.25) is 0 Å². The molecule has 2 nitrogen and oxygen atoms in total. The van der Waals surface area contributed by atoms with Crippen LogP contribution in [0.25, 0.3) is 0 Å². The Morgan fingerprint density at radius 3 is 2.80 bits per heavy atom. The molecule has 0 aromatic heterocycles. The zero-order valence-corrected chi connectivity index (χ0v) is 9.37. The van der Waals surface area contributed by atoms with E-state index in [1.165, 1.54) is 25.7 Å². The van der Waals surface area contributed by atoms with Gasteiger partial charge in [0.05, 0.1) is 11.4 Å². The standard InChI is InChI=1S/C13H20N2/c1-10-5-4-6-11(9-10)15-13-8-3-2-7-12(13)14/h2-3,7-8,10-11,15H,4-6,9,14H2,1H3/t10-,11+/m1/s1. The Morgan fingerprint density at radius 1 is 1.27 bits per heavy atom. The van der Waals surface area contributed by atoms with Gasteiger partial charge in [0.1, 0.15) is 0 Å². The summed E-state index contributed by atoms with van der Waals surface area (Å²) in [6, 6.07) is 8.64. The zero-order chi connectivity index (χ0) is 10.7. The van der Waals surface area contributed by atoms with Gasteiger partial charge in [-0.15, -0.1) is 0 Å². The van der Waals surface area contributed by atoms with Crippen molar-refractivity contribution in [2.75, 3.05) is 11.1 Å². The highest BCUT2D eigenvalue weighted by Gasteiger charge is 2.18. The molecule has 1 fully saturated rings.